The van der Waals surface area contributed by atoms with Crippen LogP contribution in [-0.4, -0.2) is 32.4 Å². The molecule has 1 amide bonds. The van der Waals surface area contributed by atoms with Crippen LogP contribution in [0.3, 0.4) is 0 Å². The summed E-state index contributed by atoms with van der Waals surface area (Å²) in [6, 6.07) is 29.1. The first-order chi connectivity index (χ1) is 19.4. The predicted molar refractivity (Wildman–Crippen MR) is 155 cm³/mol. The van der Waals surface area contributed by atoms with Crippen molar-refractivity contribution in [3.63, 3.8) is 0 Å². The highest BCUT2D eigenvalue weighted by Gasteiger charge is 2.27. The molecule has 1 aliphatic rings. The molecule has 0 radical (unpaired) electrons. The number of carbonyl (C=O) groups excluding carboxylic acids is 1. The number of aromatic nitrogens is 1. The van der Waals surface area contributed by atoms with E-state index in [1.54, 1.807) is 59.6 Å². The van der Waals surface area contributed by atoms with Gasteiger partial charge >= 0.3 is 0 Å². The van der Waals surface area contributed by atoms with E-state index in [-0.39, 0.29) is 16.6 Å². The number of halogens is 1. The van der Waals surface area contributed by atoms with Gasteiger partial charge in [-0.05, 0) is 66.2 Å². The van der Waals surface area contributed by atoms with Crippen molar-refractivity contribution in [2.45, 2.75) is 11.4 Å². The van der Waals surface area contributed by atoms with Crippen LogP contribution in [0.4, 0.5) is 21.5 Å². The molecule has 1 aromatic heterocycles. The molecule has 200 valence electrons. The fourth-order valence-corrected chi connectivity index (χ4v) is 6.19. The maximum atomic E-state index is 13.5. The lowest BCUT2D eigenvalue weighted by atomic mass is 10.1. The number of sulfonamides is 1. The van der Waals surface area contributed by atoms with Crippen LogP contribution in [0.15, 0.2) is 114 Å². The van der Waals surface area contributed by atoms with Crippen molar-refractivity contribution in [2.75, 3.05) is 27.6 Å². The van der Waals surface area contributed by atoms with Gasteiger partial charge in [0.1, 0.15) is 10.7 Å². The molecule has 0 aliphatic carbocycles. The maximum absolute atomic E-state index is 13.5. The van der Waals surface area contributed by atoms with Crippen LogP contribution in [-0.2, 0) is 16.6 Å². The fraction of sp³-hybridized carbons (Fsp3) is 0.0968. The number of rotatable bonds is 6. The summed E-state index contributed by atoms with van der Waals surface area (Å²) in [5.74, 6) is -0.453. The van der Waals surface area contributed by atoms with E-state index in [0.29, 0.717) is 36.4 Å². The van der Waals surface area contributed by atoms with Crippen LogP contribution in [0.25, 0.3) is 10.9 Å². The third-order valence-electron chi connectivity index (χ3n) is 6.91. The van der Waals surface area contributed by atoms with E-state index in [2.05, 4.69) is 14.6 Å². The van der Waals surface area contributed by atoms with Crippen molar-refractivity contribution in [3.8, 4) is 0 Å². The summed E-state index contributed by atoms with van der Waals surface area (Å²) >= 11 is 0. The number of nitrogens with one attached hydrogen (secondary N) is 1. The molecule has 9 heteroatoms. The number of carbonyl (C=O) groups is 1. The second-order valence-corrected chi connectivity index (χ2v) is 11.2. The van der Waals surface area contributed by atoms with Gasteiger partial charge in [-0.25, -0.2) is 12.8 Å². The molecule has 5 aromatic rings. The Kier molecular flexibility index (Phi) is 6.65. The standard InChI is InChI=1S/C31H25FN4O3S/c32-25-14-10-22(11-15-25)21-35-19-20-36(28-8-2-1-7-27(28)35)31(37)24-12-16-26(17-13-24)34-40(38,39)29-9-3-5-23-6-4-18-33-30(23)29/h1-18,34H,19-21H2. The van der Waals surface area contributed by atoms with Crippen LogP contribution in [0.2, 0.25) is 0 Å². The van der Waals surface area contributed by atoms with Crippen molar-refractivity contribution in [2.24, 2.45) is 0 Å². The molecule has 6 rings (SSSR count). The van der Waals surface area contributed by atoms with E-state index >= 15 is 0 Å². The Hall–Kier alpha value is -4.76. The lowest BCUT2D eigenvalue weighted by molar-refractivity contribution is 0.0986. The van der Waals surface area contributed by atoms with Gasteiger partial charge in [-0.3, -0.25) is 14.5 Å². The molecule has 0 bridgehead atoms. The summed E-state index contributed by atoms with van der Waals surface area (Å²) in [6.45, 7) is 1.68. The van der Waals surface area contributed by atoms with Crippen LogP contribution in [0.1, 0.15) is 15.9 Å². The lowest BCUT2D eigenvalue weighted by Gasteiger charge is -2.38. The number of amides is 1. The highest BCUT2D eigenvalue weighted by Crippen LogP contribution is 2.35. The molecule has 0 saturated heterocycles. The van der Waals surface area contributed by atoms with Gasteiger partial charge in [-0.15, -0.1) is 0 Å². The second kappa shape index (κ2) is 10.4. The van der Waals surface area contributed by atoms with Gasteiger partial charge in [0.15, 0.2) is 0 Å². The summed E-state index contributed by atoms with van der Waals surface area (Å²) < 4.78 is 42.2. The number of hydrogen-bond acceptors (Lipinski definition) is 5. The minimum Gasteiger partial charge on any atom is -0.364 e. The molecule has 7 nitrogen and oxygen atoms in total. The average Bonchev–Trinajstić information content (AvgIpc) is 2.98. The number of fused-ring (bicyclic) bond motifs is 2. The Morgan fingerprint density at radius 2 is 1.55 bits per heavy atom. The molecule has 0 spiro atoms. The maximum Gasteiger partial charge on any atom is 0.264 e. The average molecular weight is 553 g/mol. The molecule has 2 heterocycles. The summed E-state index contributed by atoms with van der Waals surface area (Å²) in [5, 5.41) is 0.726. The lowest BCUT2D eigenvalue weighted by Crippen LogP contribution is -2.43. The minimum absolute atomic E-state index is 0.0841. The molecule has 4 aromatic carbocycles. The first-order valence-corrected chi connectivity index (χ1v) is 14.2. The molecular formula is C31H25FN4O3S. The first kappa shape index (κ1) is 25.5. The smallest absolute Gasteiger partial charge is 0.264 e. The van der Waals surface area contributed by atoms with Crippen LogP contribution >= 0.6 is 0 Å². The molecule has 0 fully saturated rings. The molecule has 1 aliphatic heterocycles. The number of nitrogens with zero attached hydrogens (tertiary/aromatic N) is 3. The van der Waals surface area contributed by atoms with Gasteiger partial charge in [0.2, 0.25) is 0 Å². The highest BCUT2D eigenvalue weighted by molar-refractivity contribution is 7.93. The first-order valence-electron chi connectivity index (χ1n) is 12.8. The van der Waals surface area contributed by atoms with E-state index in [9.17, 15) is 17.6 Å². The number of hydrogen-bond donors (Lipinski definition) is 1. The molecule has 0 saturated carbocycles. The van der Waals surface area contributed by atoms with E-state index in [1.165, 1.54) is 18.2 Å². The Bertz CT molecular complexity index is 1800. The van der Waals surface area contributed by atoms with E-state index in [4.69, 9.17) is 0 Å². The number of pyridine rings is 1. The Balaban J connectivity index is 1.21. The van der Waals surface area contributed by atoms with E-state index < -0.39 is 10.0 Å². The second-order valence-electron chi connectivity index (χ2n) is 9.51. The highest BCUT2D eigenvalue weighted by atomic mass is 32.2. The third-order valence-corrected chi connectivity index (χ3v) is 8.32. The van der Waals surface area contributed by atoms with E-state index in [1.807, 2.05) is 36.4 Å². The van der Waals surface area contributed by atoms with E-state index in [0.717, 1.165) is 22.3 Å². The topological polar surface area (TPSA) is 82.6 Å². The third kappa shape index (κ3) is 4.99. The Morgan fingerprint density at radius 1 is 0.825 bits per heavy atom. The normalized spacial score (nSPS) is 13.2. The molecule has 1 N–H and O–H groups in total. The van der Waals surface area contributed by atoms with Gasteiger partial charge in [0.25, 0.3) is 15.9 Å². The minimum atomic E-state index is -3.90. The van der Waals surface area contributed by atoms with Gasteiger partial charge in [-0.1, -0.05) is 42.5 Å². The van der Waals surface area contributed by atoms with Gasteiger partial charge in [0, 0.05) is 42.5 Å². The van der Waals surface area contributed by atoms with Gasteiger partial charge < -0.3 is 9.80 Å². The molecule has 0 atom stereocenters. The van der Waals surface area contributed by atoms with Gasteiger partial charge in [-0.2, -0.15) is 0 Å². The zero-order chi connectivity index (χ0) is 27.7. The number of para-hydroxylation sites is 3. The summed E-state index contributed by atoms with van der Waals surface area (Å²) in [7, 11) is -3.90. The zero-order valence-electron chi connectivity index (χ0n) is 21.4. The predicted octanol–water partition coefficient (Wildman–Crippen LogP) is 5.84. The van der Waals surface area contributed by atoms with Crippen LogP contribution in [0, 0.1) is 5.82 Å². The van der Waals surface area contributed by atoms with Crippen molar-refractivity contribution >= 4 is 43.9 Å². The molecule has 40 heavy (non-hydrogen) atoms. The van der Waals surface area contributed by atoms with Gasteiger partial charge in [0.05, 0.1) is 16.9 Å². The van der Waals surface area contributed by atoms with Crippen LogP contribution < -0.4 is 14.5 Å². The molecular weight excluding hydrogens is 527 g/mol. The molecule has 0 unspecified atom stereocenters. The van der Waals surface area contributed by atoms with Crippen molar-refractivity contribution in [3.05, 3.63) is 126 Å². The number of anilines is 3. The SMILES string of the molecule is O=C(c1ccc(NS(=O)(=O)c2cccc3cccnc23)cc1)N1CCN(Cc2ccc(F)cc2)c2ccccc21. The summed E-state index contributed by atoms with van der Waals surface area (Å²) in [4.78, 5) is 21.8. The largest absolute Gasteiger partial charge is 0.364 e. The monoisotopic (exact) mass is 552 g/mol. The van der Waals surface area contributed by atoms with Crippen LogP contribution in [0.5, 0.6) is 0 Å². The quantitative estimate of drug-likeness (QED) is 0.286. The zero-order valence-corrected chi connectivity index (χ0v) is 22.2. The Morgan fingerprint density at radius 3 is 2.33 bits per heavy atom. The van der Waals surface area contributed by atoms with Crippen molar-refractivity contribution in [1.82, 2.24) is 4.98 Å². The van der Waals surface area contributed by atoms with Crippen molar-refractivity contribution < 1.29 is 17.6 Å². The fourth-order valence-electron chi connectivity index (χ4n) is 4.95. The number of benzene rings is 4. The summed E-state index contributed by atoms with van der Waals surface area (Å²) in [5.41, 5.74) is 3.86. The Labute approximate surface area is 231 Å². The van der Waals surface area contributed by atoms with Crippen molar-refractivity contribution in [1.29, 1.82) is 0 Å². The summed E-state index contributed by atoms with van der Waals surface area (Å²) in [6.07, 6.45) is 1.56.